The third kappa shape index (κ3) is 15.2. The molecular weight excluding hydrogens is 522 g/mol. The normalized spacial score (nSPS) is 13.1. The molecule has 1 aliphatic heterocycles. The Kier molecular flexibility index (Phi) is 14.9. The molecule has 16 nitrogen and oxygen atoms in total. The monoisotopic (exact) mass is 556 g/mol. The van der Waals surface area contributed by atoms with E-state index in [9.17, 15) is 48.9 Å². The van der Waals surface area contributed by atoms with Crippen molar-refractivity contribution >= 4 is 41.6 Å². The number of nitrogens with zero attached hydrogens (tertiary/aromatic N) is 4. The molecule has 0 aliphatic carbocycles. The van der Waals surface area contributed by atoms with Gasteiger partial charge in [-0.25, -0.2) is 0 Å². The number of carboxylic acid groups (broad SMARTS) is 4. The van der Waals surface area contributed by atoms with E-state index in [0.29, 0.717) is 25.8 Å². The minimum absolute atomic E-state index is 0.00164. The average molecular weight is 557 g/mol. The summed E-state index contributed by atoms with van der Waals surface area (Å²) in [6.45, 7) is -2.02. The molecule has 1 heterocycles. The molecule has 0 fully saturated rings. The van der Waals surface area contributed by atoms with Crippen molar-refractivity contribution in [1.82, 2.24) is 24.9 Å². The Morgan fingerprint density at radius 2 is 1.15 bits per heavy atom. The van der Waals surface area contributed by atoms with Crippen LogP contribution >= 0.6 is 0 Å². The number of imide groups is 1. The van der Waals surface area contributed by atoms with Gasteiger partial charge >= 0.3 is 17.9 Å². The van der Waals surface area contributed by atoms with Crippen LogP contribution in [-0.4, -0.2) is 149 Å². The zero-order valence-corrected chi connectivity index (χ0v) is 21.5. The van der Waals surface area contributed by atoms with E-state index < -0.39 is 56.0 Å². The molecule has 0 atom stereocenters. The average Bonchev–Trinajstić information content (AvgIpc) is 3.13. The van der Waals surface area contributed by atoms with E-state index in [0.717, 1.165) is 9.80 Å². The van der Waals surface area contributed by atoms with Crippen LogP contribution < -0.4 is 10.4 Å². The Morgan fingerprint density at radius 1 is 0.692 bits per heavy atom. The van der Waals surface area contributed by atoms with Gasteiger partial charge in [-0.1, -0.05) is 0 Å². The Hall–Kier alpha value is -3.89. The van der Waals surface area contributed by atoms with Crippen LogP contribution in [0.2, 0.25) is 0 Å². The molecule has 218 valence electrons. The summed E-state index contributed by atoms with van der Waals surface area (Å²) < 4.78 is 0. The number of rotatable bonds is 22. The Balaban J connectivity index is 2.50. The number of carboxylic acids is 4. The van der Waals surface area contributed by atoms with Gasteiger partial charge in [-0.05, 0) is 19.3 Å². The van der Waals surface area contributed by atoms with Gasteiger partial charge in [0, 0.05) is 58.0 Å². The fraction of sp³-hybridized carbons (Fsp3) is 0.609. The summed E-state index contributed by atoms with van der Waals surface area (Å²) >= 11 is 0. The van der Waals surface area contributed by atoms with Crippen molar-refractivity contribution in [3.63, 3.8) is 0 Å². The molecule has 0 saturated heterocycles. The molecule has 16 heteroatoms. The Morgan fingerprint density at radius 3 is 1.64 bits per heavy atom. The van der Waals surface area contributed by atoms with Crippen molar-refractivity contribution in [2.45, 2.75) is 19.3 Å². The highest BCUT2D eigenvalue weighted by Gasteiger charge is 2.22. The van der Waals surface area contributed by atoms with E-state index in [4.69, 9.17) is 5.11 Å². The summed E-state index contributed by atoms with van der Waals surface area (Å²) in [5.74, 6) is -6.32. The van der Waals surface area contributed by atoms with Gasteiger partial charge in [0.2, 0.25) is 5.91 Å². The van der Waals surface area contributed by atoms with Gasteiger partial charge in [0.25, 0.3) is 11.8 Å². The summed E-state index contributed by atoms with van der Waals surface area (Å²) in [7, 11) is 0. The van der Waals surface area contributed by atoms with Crippen LogP contribution in [0.5, 0.6) is 0 Å². The van der Waals surface area contributed by atoms with Crippen LogP contribution in [0.25, 0.3) is 0 Å². The van der Waals surface area contributed by atoms with E-state index in [-0.39, 0.29) is 51.1 Å². The predicted octanol–water partition coefficient (Wildman–Crippen LogP) is -3.89. The summed E-state index contributed by atoms with van der Waals surface area (Å²) in [4.78, 5) is 84.5. The first-order valence-electron chi connectivity index (χ1n) is 12.2. The molecule has 1 rings (SSSR count). The second kappa shape index (κ2) is 17.6. The Labute approximate surface area is 224 Å². The van der Waals surface area contributed by atoms with Crippen LogP contribution in [0.15, 0.2) is 12.2 Å². The number of nitrogens with one attached hydrogen (secondary N) is 1. The number of carbonyl (C=O) groups is 7. The van der Waals surface area contributed by atoms with Gasteiger partial charge < -0.3 is 30.5 Å². The van der Waals surface area contributed by atoms with E-state index in [1.54, 1.807) is 0 Å². The molecule has 0 unspecified atom stereocenters. The van der Waals surface area contributed by atoms with Crippen LogP contribution in [0.4, 0.5) is 0 Å². The first kappa shape index (κ1) is 33.1. The highest BCUT2D eigenvalue weighted by Crippen LogP contribution is 2.06. The van der Waals surface area contributed by atoms with Crippen molar-refractivity contribution < 1.29 is 54.0 Å². The molecule has 0 spiro atoms. The predicted molar refractivity (Wildman–Crippen MR) is 130 cm³/mol. The van der Waals surface area contributed by atoms with Crippen molar-refractivity contribution in [3.05, 3.63) is 12.2 Å². The highest BCUT2D eigenvalue weighted by molar-refractivity contribution is 6.12. The molecule has 0 bridgehead atoms. The van der Waals surface area contributed by atoms with Crippen molar-refractivity contribution in [2.75, 3.05) is 72.0 Å². The van der Waals surface area contributed by atoms with Crippen LogP contribution in [-0.2, 0) is 33.6 Å². The number of unbranched alkanes of at least 4 members (excludes halogenated alkanes) is 2. The first-order valence-corrected chi connectivity index (χ1v) is 12.2. The van der Waals surface area contributed by atoms with Crippen LogP contribution in [0, 0.1) is 0 Å². The second-order valence-corrected chi connectivity index (χ2v) is 8.82. The Bertz CT molecular complexity index is 905. The lowest BCUT2D eigenvalue weighted by Gasteiger charge is -2.28. The smallest absolute Gasteiger partial charge is 0.317 e. The molecule has 4 N–H and O–H groups in total. The lowest BCUT2D eigenvalue weighted by Crippen LogP contribution is -2.47. The van der Waals surface area contributed by atoms with Gasteiger partial charge in [0.15, 0.2) is 0 Å². The first-order chi connectivity index (χ1) is 18.4. The molecule has 0 aromatic heterocycles. The largest absolute Gasteiger partial charge is 0.549 e. The quantitative estimate of drug-likeness (QED) is 0.0738. The molecule has 1 aliphatic rings. The molecule has 0 aromatic rings. The summed E-state index contributed by atoms with van der Waals surface area (Å²) in [6, 6.07) is 0. The number of hydrogen-bond donors (Lipinski definition) is 4. The van der Waals surface area contributed by atoms with Gasteiger partial charge in [0.1, 0.15) is 0 Å². The zero-order valence-electron chi connectivity index (χ0n) is 21.5. The number of amides is 3. The van der Waals surface area contributed by atoms with Crippen LogP contribution in [0.3, 0.4) is 0 Å². The lowest BCUT2D eigenvalue weighted by molar-refractivity contribution is -0.306. The number of aliphatic carboxylic acids is 4. The van der Waals surface area contributed by atoms with Crippen molar-refractivity contribution in [3.8, 4) is 0 Å². The summed E-state index contributed by atoms with van der Waals surface area (Å²) in [6.07, 6.45) is 4.18. The third-order valence-electron chi connectivity index (χ3n) is 5.54. The molecule has 0 radical (unpaired) electrons. The fourth-order valence-electron chi connectivity index (χ4n) is 3.73. The van der Waals surface area contributed by atoms with Gasteiger partial charge in [-0.2, -0.15) is 0 Å². The standard InChI is InChI=1S/C23H35N5O11/c29-17(24-6-2-1-3-7-28-18(30)4-5-19(28)31)12-26(14-21(34)35)10-8-25(13-20(32)33)9-11-27(15-22(36)37)16-23(38)39/h4-5H,1-3,6-16H2,(H,24,29)(H,32,33)(H,34,35)(H,36,37)(H,38,39)/p-1. The topological polar surface area (TPSA) is 228 Å². The maximum atomic E-state index is 12.3. The summed E-state index contributed by atoms with van der Waals surface area (Å²) in [5.41, 5.74) is 0. The molecule has 0 saturated carbocycles. The SMILES string of the molecule is O=C([O-])CN(CCN(CCN(CC(=O)O)CC(=O)NCCCCCN1C(=O)C=CC1=O)CC(=O)O)CC(=O)O. The number of carbonyl (C=O) groups excluding carboxylic acids is 4. The maximum absolute atomic E-state index is 12.3. The lowest BCUT2D eigenvalue weighted by atomic mass is 10.2. The highest BCUT2D eigenvalue weighted by atomic mass is 16.4. The molecule has 39 heavy (non-hydrogen) atoms. The second-order valence-electron chi connectivity index (χ2n) is 8.82. The van der Waals surface area contributed by atoms with E-state index in [1.807, 2.05) is 0 Å². The molecule has 0 aromatic carbocycles. The minimum Gasteiger partial charge on any atom is -0.549 e. The summed E-state index contributed by atoms with van der Waals surface area (Å²) in [5, 5.41) is 40.8. The van der Waals surface area contributed by atoms with Crippen molar-refractivity contribution in [1.29, 1.82) is 0 Å². The molecule has 3 amide bonds. The van der Waals surface area contributed by atoms with Gasteiger partial charge in [0.05, 0.1) is 32.1 Å². The number of hydrogen-bond acceptors (Lipinski definition) is 11. The fourth-order valence-corrected chi connectivity index (χ4v) is 3.73. The molecular formula is C23H34N5O11-. The third-order valence-corrected chi connectivity index (χ3v) is 5.54. The maximum Gasteiger partial charge on any atom is 0.317 e. The minimum atomic E-state index is -1.49. The van der Waals surface area contributed by atoms with Crippen molar-refractivity contribution in [2.24, 2.45) is 0 Å². The zero-order chi connectivity index (χ0) is 29.4. The van der Waals surface area contributed by atoms with Crippen LogP contribution in [0.1, 0.15) is 19.3 Å². The van der Waals surface area contributed by atoms with Gasteiger partial charge in [-0.15, -0.1) is 0 Å². The van der Waals surface area contributed by atoms with E-state index >= 15 is 0 Å². The van der Waals surface area contributed by atoms with E-state index in [1.165, 1.54) is 22.0 Å². The van der Waals surface area contributed by atoms with E-state index in [2.05, 4.69) is 5.32 Å². The van der Waals surface area contributed by atoms with Gasteiger partial charge in [-0.3, -0.25) is 48.4 Å².